The van der Waals surface area contributed by atoms with Gasteiger partial charge in [0.25, 0.3) is 0 Å². The minimum atomic E-state index is 0.513. The fraction of sp³-hybridized carbons (Fsp3) is 0.200. The number of halogens is 2. The summed E-state index contributed by atoms with van der Waals surface area (Å²) >= 11 is 9.50. The average Bonchev–Trinajstić information content (AvgIpc) is 2.38. The van der Waals surface area contributed by atoms with Crippen molar-refractivity contribution in [3.8, 4) is 0 Å². The summed E-state index contributed by atoms with van der Waals surface area (Å²) in [5.41, 5.74) is 8.79. The zero-order valence-corrected chi connectivity index (χ0v) is 12.7. The maximum atomic E-state index is 6.12. The zero-order chi connectivity index (χ0) is 13.7. The number of nitrogen functional groups attached to an aromatic ring is 1. The van der Waals surface area contributed by atoms with Crippen LogP contribution in [-0.4, -0.2) is 6.61 Å². The minimum Gasteiger partial charge on any atom is -0.399 e. The van der Waals surface area contributed by atoms with Crippen molar-refractivity contribution in [1.82, 2.24) is 0 Å². The van der Waals surface area contributed by atoms with Crippen LogP contribution in [0, 0.1) is 0 Å². The molecule has 0 aliphatic rings. The second-order valence-electron chi connectivity index (χ2n) is 4.24. The first-order chi connectivity index (χ1) is 9.16. The molecule has 100 valence electrons. The summed E-state index contributed by atoms with van der Waals surface area (Å²) < 4.78 is 6.61. The summed E-state index contributed by atoms with van der Waals surface area (Å²) in [7, 11) is 0. The van der Waals surface area contributed by atoms with Crippen molar-refractivity contribution in [1.29, 1.82) is 0 Å². The maximum absolute atomic E-state index is 6.12. The van der Waals surface area contributed by atoms with E-state index in [0.717, 1.165) is 27.7 Å². The molecular weight excluding hydrogens is 326 g/mol. The molecule has 2 N–H and O–H groups in total. The predicted octanol–water partition coefficient (Wildman–Crippen LogP) is 4.44. The molecule has 0 radical (unpaired) electrons. The van der Waals surface area contributed by atoms with Crippen LogP contribution >= 0.6 is 27.5 Å². The molecular formula is C15H15BrClNO. The highest BCUT2D eigenvalue weighted by atomic mass is 79.9. The third-order valence-electron chi connectivity index (χ3n) is 2.84. The SMILES string of the molecule is Nc1ccccc1CCOCc1ccc(Br)cc1Cl. The number of para-hydroxylation sites is 1. The fourth-order valence-electron chi connectivity index (χ4n) is 1.76. The molecule has 2 rings (SSSR count). The van der Waals surface area contributed by atoms with Crippen LogP contribution in [0.15, 0.2) is 46.9 Å². The number of anilines is 1. The third kappa shape index (κ3) is 4.23. The lowest BCUT2D eigenvalue weighted by Crippen LogP contribution is -2.02. The van der Waals surface area contributed by atoms with Gasteiger partial charge in [-0.05, 0) is 35.7 Å². The first-order valence-electron chi connectivity index (χ1n) is 6.02. The van der Waals surface area contributed by atoms with Crippen molar-refractivity contribution >= 4 is 33.2 Å². The Bertz CT molecular complexity index is 560. The average molecular weight is 341 g/mol. The van der Waals surface area contributed by atoms with Gasteiger partial charge in [-0.3, -0.25) is 0 Å². The van der Waals surface area contributed by atoms with Crippen LogP contribution in [0.25, 0.3) is 0 Å². The molecule has 0 saturated heterocycles. The Labute approximate surface area is 126 Å². The molecule has 4 heteroatoms. The van der Waals surface area contributed by atoms with E-state index >= 15 is 0 Å². The number of ether oxygens (including phenoxy) is 1. The summed E-state index contributed by atoms with van der Waals surface area (Å²) in [6.07, 6.45) is 0.806. The van der Waals surface area contributed by atoms with Gasteiger partial charge in [-0.15, -0.1) is 0 Å². The van der Waals surface area contributed by atoms with Crippen LogP contribution in [0.3, 0.4) is 0 Å². The quantitative estimate of drug-likeness (QED) is 0.645. The van der Waals surface area contributed by atoms with Crippen molar-refractivity contribution in [3.63, 3.8) is 0 Å². The van der Waals surface area contributed by atoms with Gasteiger partial charge in [0.2, 0.25) is 0 Å². The molecule has 0 aromatic heterocycles. The maximum Gasteiger partial charge on any atom is 0.0731 e. The molecule has 0 atom stereocenters. The van der Waals surface area contributed by atoms with E-state index in [2.05, 4.69) is 15.9 Å². The zero-order valence-electron chi connectivity index (χ0n) is 10.4. The van der Waals surface area contributed by atoms with E-state index in [1.54, 1.807) is 0 Å². The summed E-state index contributed by atoms with van der Waals surface area (Å²) in [6.45, 7) is 1.14. The van der Waals surface area contributed by atoms with Crippen LogP contribution < -0.4 is 5.73 Å². The molecule has 19 heavy (non-hydrogen) atoms. The second-order valence-corrected chi connectivity index (χ2v) is 5.56. The van der Waals surface area contributed by atoms with Gasteiger partial charge in [0, 0.05) is 15.2 Å². The Kier molecular flexibility index (Phi) is 5.25. The molecule has 2 nitrogen and oxygen atoms in total. The summed E-state index contributed by atoms with van der Waals surface area (Å²) in [6, 6.07) is 13.6. The normalized spacial score (nSPS) is 10.6. The molecule has 0 amide bonds. The lowest BCUT2D eigenvalue weighted by atomic mass is 10.1. The fourth-order valence-corrected chi connectivity index (χ4v) is 2.49. The lowest BCUT2D eigenvalue weighted by molar-refractivity contribution is 0.124. The van der Waals surface area contributed by atoms with Gasteiger partial charge in [0.05, 0.1) is 13.2 Å². The predicted molar refractivity (Wildman–Crippen MR) is 83.4 cm³/mol. The van der Waals surface area contributed by atoms with E-state index in [9.17, 15) is 0 Å². The van der Waals surface area contributed by atoms with E-state index in [1.165, 1.54) is 0 Å². The highest BCUT2D eigenvalue weighted by Crippen LogP contribution is 2.22. The lowest BCUT2D eigenvalue weighted by Gasteiger charge is -2.08. The molecule has 2 aromatic carbocycles. The second kappa shape index (κ2) is 6.94. The standard InChI is InChI=1S/C15H15BrClNO/c16-13-6-5-12(14(17)9-13)10-19-8-7-11-3-1-2-4-15(11)18/h1-6,9H,7-8,10,18H2. The van der Waals surface area contributed by atoms with Crippen LogP contribution in [0.1, 0.15) is 11.1 Å². The van der Waals surface area contributed by atoms with Gasteiger partial charge in [-0.2, -0.15) is 0 Å². The van der Waals surface area contributed by atoms with Gasteiger partial charge < -0.3 is 10.5 Å². The topological polar surface area (TPSA) is 35.2 Å². The van der Waals surface area contributed by atoms with Crippen molar-refractivity contribution < 1.29 is 4.74 Å². The number of hydrogen-bond donors (Lipinski definition) is 1. The number of benzene rings is 2. The van der Waals surface area contributed by atoms with E-state index < -0.39 is 0 Å². The van der Waals surface area contributed by atoms with Crippen molar-refractivity contribution in [2.75, 3.05) is 12.3 Å². The molecule has 0 saturated carbocycles. The van der Waals surface area contributed by atoms with Crippen molar-refractivity contribution in [2.45, 2.75) is 13.0 Å². The number of nitrogens with two attached hydrogens (primary N) is 1. The minimum absolute atomic E-state index is 0.513. The van der Waals surface area contributed by atoms with Crippen LogP contribution in [0.2, 0.25) is 5.02 Å². The highest BCUT2D eigenvalue weighted by Gasteiger charge is 2.02. The molecule has 0 aliphatic heterocycles. The smallest absolute Gasteiger partial charge is 0.0731 e. The van der Waals surface area contributed by atoms with Crippen LogP contribution in [0.4, 0.5) is 5.69 Å². The van der Waals surface area contributed by atoms with Crippen molar-refractivity contribution in [2.24, 2.45) is 0 Å². The Morgan fingerprint density at radius 3 is 2.63 bits per heavy atom. The molecule has 0 bridgehead atoms. The summed E-state index contributed by atoms with van der Waals surface area (Å²) in [5, 5.41) is 0.716. The highest BCUT2D eigenvalue weighted by molar-refractivity contribution is 9.10. The van der Waals surface area contributed by atoms with Gasteiger partial charge in [-0.25, -0.2) is 0 Å². The van der Waals surface area contributed by atoms with E-state index in [4.69, 9.17) is 22.1 Å². The molecule has 2 aromatic rings. The van der Waals surface area contributed by atoms with Gasteiger partial charge in [0.15, 0.2) is 0 Å². The Morgan fingerprint density at radius 2 is 1.89 bits per heavy atom. The first kappa shape index (κ1) is 14.4. The Balaban J connectivity index is 1.83. The van der Waals surface area contributed by atoms with Crippen LogP contribution in [-0.2, 0) is 17.8 Å². The summed E-state index contributed by atoms with van der Waals surface area (Å²) in [5.74, 6) is 0. The summed E-state index contributed by atoms with van der Waals surface area (Å²) in [4.78, 5) is 0. The first-order valence-corrected chi connectivity index (χ1v) is 7.19. The third-order valence-corrected chi connectivity index (χ3v) is 3.69. The Morgan fingerprint density at radius 1 is 1.11 bits per heavy atom. The number of rotatable bonds is 5. The van der Waals surface area contributed by atoms with E-state index in [0.29, 0.717) is 18.2 Å². The Hall–Kier alpha value is -1.03. The largest absolute Gasteiger partial charge is 0.399 e. The van der Waals surface area contributed by atoms with Gasteiger partial charge >= 0.3 is 0 Å². The van der Waals surface area contributed by atoms with E-state index in [-0.39, 0.29) is 0 Å². The van der Waals surface area contributed by atoms with Crippen LogP contribution in [0.5, 0.6) is 0 Å². The van der Waals surface area contributed by atoms with E-state index in [1.807, 2.05) is 42.5 Å². The number of hydrogen-bond acceptors (Lipinski definition) is 2. The van der Waals surface area contributed by atoms with Gasteiger partial charge in [0.1, 0.15) is 0 Å². The molecule has 0 aliphatic carbocycles. The van der Waals surface area contributed by atoms with Gasteiger partial charge in [-0.1, -0.05) is 51.8 Å². The van der Waals surface area contributed by atoms with Crippen molar-refractivity contribution in [3.05, 3.63) is 63.1 Å². The molecule has 0 heterocycles. The monoisotopic (exact) mass is 339 g/mol. The molecule has 0 spiro atoms. The molecule has 0 unspecified atom stereocenters. The molecule has 0 fully saturated rings.